The van der Waals surface area contributed by atoms with E-state index >= 15 is 0 Å². The maximum atomic E-state index is 12.5. The van der Waals surface area contributed by atoms with Crippen LogP contribution in [0.4, 0.5) is 0 Å². The first-order valence-corrected chi connectivity index (χ1v) is 10.4. The number of hydrogen-bond donors (Lipinski definition) is 1. The lowest BCUT2D eigenvalue weighted by molar-refractivity contribution is -0.143. The van der Waals surface area contributed by atoms with Gasteiger partial charge in [0.05, 0.1) is 5.69 Å². The van der Waals surface area contributed by atoms with Crippen LogP contribution in [0.1, 0.15) is 45.0 Å². The first kappa shape index (κ1) is 19.3. The van der Waals surface area contributed by atoms with Crippen molar-refractivity contribution in [3.63, 3.8) is 0 Å². The van der Waals surface area contributed by atoms with Crippen LogP contribution >= 0.6 is 11.3 Å². The van der Waals surface area contributed by atoms with Gasteiger partial charge in [-0.25, -0.2) is 4.98 Å². The molecule has 0 unspecified atom stereocenters. The summed E-state index contributed by atoms with van der Waals surface area (Å²) in [7, 11) is 0. The fourth-order valence-electron chi connectivity index (χ4n) is 3.46. The van der Waals surface area contributed by atoms with E-state index in [-0.39, 0.29) is 24.6 Å². The molecule has 0 bridgehead atoms. The molecular weight excluding hydrogens is 390 g/mol. The van der Waals surface area contributed by atoms with Crippen LogP contribution in [0.15, 0.2) is 35.1 Å². The van der Waals surface area contributed by atoms with Crippen molar-refractivity contribution in [2.45, 2.75) is 39.2 Å². The standard InChI is InChI=1S/C21H21N3O4S/c1-13-5-4-6-14(9-13)20(27)22-11-19(26)28-12-15-10-18(25)24-16-7-2-3-8-17(16)29-21(24)23-15/h4-6,9-10H,2-3,7-8,11-12H2,1H3,(H,22,27). The minimum atomic E-state index is -0.585. The van der Waals surface area contributed by atoms with E-state index < -0.39 is 5.97 Å². The Balaban J connectivity index is 1.37. The van der Waals surface area contributed by atoms with Gasteiger partial charge in [-0.1, -0.05) is 17.7 Å². The van der Waals surface area contributed by atoms with Gasteiger partial charge in [-0.2, -0.15) is 0 Å². The van der Waals surface area contributed by atoms with Gasteiger partial charge in [0.1, 0.15) is 13.2 Å². The third-order valence-electron chi connectivity index (χ3n) is 4.87. The van der Waals surface area contributed by atoms with Crippen molar-refractivity contribution in [2.24, 2.45) is 0 Å². The summed E-state index contributed by atoms with van der Waals surface area (Å²) in [5, 5.41) is 2.54. The van der Waals surface area contributed by atoms with Crippen molar-refractivity contribution < 1.29 is 14.3 Å². The van der Waals surface area contributed by atoms with Crippen LogP contribution in [0.3, 0.4) is 0 Å². The van der Waals surface area contributed by atoms with Gasteiger partial charge in [0, 0.05) is 22.2 Å². The van der Waals surface area contributed by atoms with Gasteiger partial charge >= 0.3 is 5.97 Å². The van der Waals surface area contributed by atoms with E-state index in [4.69, 9.17) is 4.74 Å². The molecule has 7 nitrogen and oxygen atoms in total. The zero-order valence-electron chi connectivity index (χ0n) is 16.1. The highest BCUT2D eigenvalue weighted by atomic mass is 32.1. The zero-order chi connectivity index (χ0) is 20.4. The van der Waals surface area contributed by atoms with E-state index in [9.17, 15) is 14.4 Å². The van der Waals surface area contributed by atoms with Crippen LogP contribution in [-0.2, 0) is 29.0 Å². The molecule has 0 atom stereocenters. The molecule has 1 amide bonds. The molecule has 8 heteroatoms. The zero-order valence-corrected chi connectivity index (χ0v) is 16.9. The Hall–Kier alpha value is -3.00. The predicted octanol–water partition coefficient (Wildman–Crippen LogP) is 2.42. The average Bonchev–Trinajstić information content (AvgIpc) is 3.09. The number of rotatable bonds is 5. The summed E-state index contributed by atoms with van der Waals surface area (Å²) in [5.41, 5.74) is 2.78. The van der Waals surface area contributed by atoms with Crippen molar-refractivity contribution in [1.82, 2.24) is 14.7 Å². The lowest BCUT2D eigenvalue weighted by Crippen LogP contribution is -2.30. The first-order valence-electron chi connectivity index (χ1n) is 9.55. The molecule has 2 heterocycles. The van der Waals surface area contributed by atoms with Crippen LogP contribution in [0.25, 0.3) is 4.96 Å². The summed E-state index contributed by atoms with van der Waals surface area (Å²) < 4.78 is 6.86. The molecule has 0 saturated heterocycles. The Kier molecular flexibility index (Phi) is 5.44. The topological polar surface area (TPSA) is 89.8 Å². The quantitative estimate of drug-likeness (QED) is 0.651. The Morgan fingerprint density at radius 1 is 1.24 bits per heavy atom. The minimum Gasteiger partial charge on any atom is -0.458 e. The molecule has 0 saturated carbocycles. The van der Waals surface area contributed by atoms with Crippen LogP contribution in [0.5, 0.6) is 0 Å². The monoisotopic (exact) mass is 411 g/mol. The smallest absolute Gasteiger partial charge is 0.325 e. The Morgan fingerprint density at radius 2 is 2.07 bits per heavy atom. The van der Waals surface area contributed by atoms with E-state index in [1.165, 1.54) is 22.3 Å². The highest BCUT2D eigenvalue weighted by Gasteiger charge is 2.19. The number of fused-ring (bicyclic) bond motifs is 3. The average molecular weight is 411 g/mol. The van der Waals surface area contributed by atoms with E-state index in [0.29, 0.717) is 16.2 Å². The Labute approximate surface area is 171 Å². The normalized spacial score (nSPS) is 13.1. The second-order valence-corrected chi connectivity index (χ2v) is 8.16. The number of benzene rings is 1. The molecule has 1 aromatic carbocycles. The molecule has 4 rings (SSSR count). The molecule has 2 aromatic heterocycles. The van der Waals surface area contributed by atoms with Gasteiger partial charge in [-0.15, -0.1) is 11.3 Å². The number of aromatic nitrogens is 2. The van der Waals surface area contributed by atoms with Crippen LogP contribution < -0.4 is 10.9 Å². The van der Waals surface area contributed by atoms with Crippen LogP contribution in [0.2, 0.25) is 0 Å². The fourth-order valence-corrected chi connectivity index (χ4v) is 4.69. The summed E-state index contributed by atoms with van der Waals surface area (Å²) in [4.78, 5) is 42.9. The van der Waals surface area contributed by atoms with Crippen LogP contribution in [-0.4, -0.2) is 27.8 Å². The number of thiazole rings is 1. The molecule has 0 aliphatic heterocycles. The minimum absolute atomic E-state index is 0.104. The number of amides is 1. The number of ether oxygens (including phenoxy) is 1. The van der Waals surface area contributed by atoms with Gasteiger partial charge < -0.3 is 10.1 Å². The highest BCUT2D eigenvalue weighted by molar-refractivity contribution is 7.17. The SMILES string of the molecule is Cc1cccc(C(=O)NCC(=O)OCc2cc(=O)n3c4c(sc3n2)CCCC4)c1. The number of hydrogen-bond acceptors (Lipinski definition) is 6. The van der Waals surface area contributed by atoms with Crippen molar-refractivity contribution in [1.29, 1.82) is 0 Å². The summed E-state index contributed by atoms with van der Waals surface area (Å²) in [5.74, 6) is -0.925. The number of carbonyl (C=O) groups is 2. The molecule has 0 spiro atoms. The van der Waals surface area contributed by atoms with Gasteiger partial charge in [0.2, 0.25) is 0 Å². The number of carbonyl (C=O) groups excluding carboxylic acids is 2. The van der Waals surface area contributed by atoms with Gasteiger partial charge in [-0.3, -0.25) is 18.8 Å². The molecule has 150 valence electrons. The van der Waals surface area contributed by atoms with Crippen molar-refractivity contribution in [3.8, 4) is 0 Å². The summed E-state index contributed by atoms with van der Waals surface area (Å²) in [6.07, 6.45) is 4.09. The second-order valence-electron chi connectivity index (χ2n) is 7.10. The summed E-state index contributed by atoms with van der Waals surface area (Å²) in [6, 6.07) is 8.51. The maximum Gasteiger partial charge on any atom is 0.325 e. The number of nitrogens with zero attached hydrogens (tertiary/aromatic N) is 2. The molecular formula is C21H21N3O4S. The van der Waals surface area contributed by atoms with Crippen molar-refractivity contribution in [2.75, 3.05) is 6.54 Å². The van der Waals surface area contributed by atoms with E-state index in [1.807, 2.05) is 13.0 Å². The molecule has 0 fully saturated rings. The third-order valence-corrected chi connectivity index (χ3v) is 6.01. The van der Waals surface area contributed by atoms with Crippen molar-refractivity contribution in [3.05, 3.63) is 68.1 Å². The van der Waals surface area contributed by atoms with Gasteiger partial charge in [-0.05, 0) is 44.7 Å². The largest absolute Gasteiger partial charge is 0.458 e. The fraction of sp³-hybridized carbons (Fsp3) is 0.333. The van der Waals surface area contributed by atoms with E-state index in [0.717, 1.165) is 36.9 Å². The number of aryl methyl sites for hydroxylation is 3. The number of nitrogens with one attached hydrogen (secondary N) is 1. The molecule has 29 heavy (non-hydrogen) atoms. The van der Waals surface area contributed by atoms with E-state index in [2.05, 4.69) is 10.3 Å². The molecule has 1 aliphatic carbocycles. The van der Waals surface area contributed by atoms with E-state index in [1.54, 1.807) is 22.6 Å². The van der Waals surface area contributed by atoms with Crippen LogP contribution in [0, 0.1) is 6.92 Å². The highest BCUT2D eigenvalue weighted by Crippen LogP contribution is 2.28. The summed E-state index contributed by atoms with van der Waals surface area (Å²) >= 11 is 1.53. The second kappa shape index (κ2) is 8.16. The van der Waals surface area contributed by atoms with Gasteiger partial charge in [0.15, 0.2) is 4.96 Å². The lowest BCUT2D eigenvalue weighted by Gasteiger charge is -2.10. The summed E-state index contributed by atoms with van der Waals surface area (Å²) in [6.45, 7) is 1.54. The van der Waals surface area contributed by atoms with Crippen molar-refractivity contribution >= 4 is 28.2 Å². The molecule has 3 aromatic rings. The maximum absolute atomic E-state index is 12.5. The Morgan fingerprint density at radius 3 is 2.90 bits per heavy atom. The molecule has 1 N–H and O–H groups in total. The molecule has 0 radical (unpaired) electrons. The third kappa shape index (κ3) is 4.22. The van der Waals surface area contributed by atoms with Gasteiger partial charge in [0.25, 0.3) is 11.5 Å². The predicted molar refractivity (Wildman–Crippen MR) is 109 cm³/mol. The first-order chi connectivity index (χ1) is 14.0. The lowest BCUT2D eigenvalue weighted by atomic mass is 10.0. The molecule has 1 aliphatic rings. The number of esters is 1. The Bertz CT molecular complexity index is 1150.